The van der Waals surface area contributed by atoms with Crippen LogP contribution in [0.2, 0.25) is 0 Å². The quantitative estimate of drug-likeness (QED) is 0.676. The molecule has 0 saturated heterocycles. The molecule has 0 atom stereocenters. The highest BCUT2D eigenvalue weighted by atomic mass is 16.5. The summed E-state index contributed by atoms with van der Waals surface area (Å²) in [5.74, 6) is 2.52. The number of amides is 1. The van der Waals surface area contributed by atoms with Gasteiger partial charge in [0.15, 0.2) is 0 Å². The van der Waals surface area contributed by atoms with Crippen LogP contribution in [0.25, 0.3) is 11.0 Å². The molecule has 0 spiro atoms. The maximum absolute atomic E-state index is 11.1. The van der Waals surface area contributed by atoms with Crippen molar-refractivity contribution in [3.05, 3.63) is 54.4 Å². The third kappa shape index (κ3) is 4.33. The van der Waals surface area contributed by atoms with Crippen molar-refractivity contribution >= 4 is 16.9 Å². The number of hydrogen-bond acceptors (Lipinski definition) is 4. The second kappa shape index (κ2) is 8.38. The number of carbonyl (C=O) groups excluding carboxylic acids is 1. The van der Waals surface area contributed by atoms with Gasteiger partial charge in [-0.3, -0.25) is 4.79 Å². The summed E-state index contributed by atoms with van der Waals surface area (Å²) in [6.45, 7) is 3.30. The lowest BCUT2D eigenvalue weighted by molar-refractivity contribution is -0.118. The van der Waals surface area contributed by atoms with E-state index in [2.05, 4.69) is 16.0 Å². The molecular weight excluding hydrogens is 330 g/mol. The van der Waals surface area contributed by atoms with E-state index in [9.17, 15) is 4.79 Å². The molecule has 1 amide bonds. The van der Waals surface area contributed by atoms with Gasteiger partial charge in [0.2, 0.25) is 5.91 Å². The predicted molar refractivity (Wildman–Crippen MR) is 101 cm³/mol. The lowest BCUT2D eigenvalue weighted by atomic mass is 10.3. The van der Waals surface area contributed by atoms with E-state index in [4.69, 9.17) is 14.5 Å². The molecule has 6 heteroatoms. The summed E-state index contributed by atoms with van der Waals surface area (Å²) in [5.41, 5.74) is 2.03. The molecule has 3 rings (SSSR count). The first-order valence-corrected chi connectivity index (χ1v) is 8.63. The van der Waals surface area contributed by atoms with Crippen molar-refractivity contribution in [1.29, 1.82) is 0 Å². The fraction of sp³-hybridized carbons (Fsp3) is 0.300. The van der Waals surface area contributed by atoms with Crippen molar-refractivity contribution in [3.8, 4) is 11.5 Å². The minimum atomic E-state index is -0.0319. The van der Waals surface area contributed by atoms with E-state index in [1.54, 1.807) is 7.11 Å². The van der Waals surface area contributed by atoms with Gasteiger partial charge in [-0.2, -0.15) is 0 Å². The van der Waals surface area contributed by atoms with E-state index in [1.165, 1.54) is 6.92 Å². The van der Waals surface area contributed by atoms with E-state index in [-0.39, 0.29) is 5.91 Å². The van der Waals surface area contributed by atoms with E-state index in [1.807, 2.05) is 42.5 Å². The van der Waals surface area contributed by atoms with Gasteiger partial charge in [-0.1, -0.05) is 12.1 Å². The largest absolute Gasteiger partial charge is 0.497 e. The summed E-state index contributed by atoms with van der Waals surface area (Å²) < 4.78 is 13.2. The van der Waals surface area contributed by atoms with Crippen LogP contribution in [0.4, 0.5) is 0 Å². The van der Waals surface area contributed by atoms with Gasteiger partial charge in [0.05, 0.1) is 24.7 Å². The topological polar surface area (TPSA) is 65.4 Å². The van der Waals surface area contributed by atoms with Gasteiger partial charge in [0.25, 0.3) is 0 Å². The van der Waals surface area contributed by atoms with Crippen LogP contribution in [0.3, 0.4) is 0 Å². The number of fused-ring (bicyclic) bond motifs is 1. The molecular formula is C20H23N3O3. The van der Waals surface area contributed by atoms with Gasteiger partial charge in [-0.25, -0.2) is 4.98 Å². The van der Waals surface area contributed by atoms with Gasteiger partial charge in [-0.15, -0.1) is 0 Å². The molecule has 26 heavy (non-hydrogen) atoms. The predicted octanol–water partition coefficient (Wildman–Crippen LogP) is 2.80. The summed E-state index contributed by atoms with van der Waals surface area (Å²) >= 11 is 0. The van der Waals surface area contributed by atoms with E-state index < -0.39 is 0 Å². The molecule has 1 heterocycles. The number of rotatable bonds is 8. The maximum atomic E-state index is 11.1. The van der Waals surface area contributed by atoms with E-state index in [0.29, 0.717) is 26.1 Å². The number of hydrogen-bond donors (Lipinski definition) is 1. The summed E-state index contributed by atoms with van der Waals surface area (Å²) in [6.07, 6.45) is 0.677. The van der Waals surface area contributed by atoms with Crippen LogP contribution in [0.15, 0.2) is 48.5 Å². The number of aromatic nitrogens is 2. The van der Waals surface area contributed by atoms with Gasteiger partial charge in [0.1, 0.15) is 23.9 Å². The fourth-order valence-corrected chi connectivity index (χ4v) is 2.84. The van der Waals surface area contributed by atoms with Crippen LogP contribution in [-0.4, -0.2) is 35.7 Å². The second-order valence-corrected chi connectivity index (χ2v) is 5.93. The first-order valence-electron chi connectivity index (χ1n) is 8.63. The molecule has 1 aromatic heterocycles. The number of imidazole rings is 1. The Hall–Kier alpha value is -3.02. The zero-order valence-corrected chi connectivity index (χ0v) is 15.1. The highest BCUT2D eigenvalue weighted by Crippen LogP contribution is 2.19. The minimum absolute atomic E-state index is 0.0319. The smallest absolute Gasteiger partial charge is 0.216 e. The molecule has 0 bridgehead atoms. The summed E-state index contributed by atoms with van der Waals surface area (Å²) in [7, 11) is 1.64. The third-order valence-corrected chi connectivity index (χ3v) is 4.10. The summed E-state index contributed by atoms with van der Waals surface area (Å²) in [4.78, 5) is 15.8. The normalized spacial score (nSPS) is 10.7. The van der Waals surface area contributed by atoms with Gasteiger partial charge >= 0.3 is 0 Å². The molecule has 0 fully saturated rings. The third-order valence-electron chi connectivity index (χ3n) is 4.10. The zero-order chi connectivity index (χ0) is 18.4. The van der Waals surface area contributed by atoms with Crippen LogP contribution in [0, 0.1) is 0 Å². The van der Waals surface area contributed by atoms with E-state index >= 15 is 0 Å². The van der Waals surface area contributed by atoms with Crippen LogP contribution in [-0.2, 0) is 17.8 Å². The number of carbonyl (C=O) groups is 1. The second-order valence-electron chi connectivity index (χ2n) is 5.93. The monoisotopic (exact) mass is 353 g/mol. The number of nitrogens with one attached hydrogen (secondary N) is 1. The van der Waals surface area contributed by atoms with Crippen molar-refractivity contribution < 1.29 is 14.3 Å². The Kier molecular flexibility index (Phi) is 5.73. The maximum Gasteiger partial charge on any atom is 0.216 e. The number of nitrogens with zero attached hydrogens (tertiary/aromatic N) is 2. The molecule has 6 nitrogen and oxygen atoms in total. The Morgan fingerprint density at radius 1 is 1.12 bits per heavy atom. The molecule has 0 aliphatic carbocycles. The van der Waals surface area contributed by atoms with Crippen molar-refractivity contribution in [3.63, 3.8) is 0 Å². The van der Waals surface area contributed by atoms with Crippen LogP contribution in [0.1, 0.15) is 12.7 Å². The average Bonchev–Trinajstić information content (AvgIpc) is 3.00. The van der Waals surface area contributed by atoms with Crippen molar-refractivity contribution in [2.45, 2.75) is 19.9 Å². The molecule has 0 aliphatic rings. The Balaban J connectivity index is 1.69. The molecule has 0 radical (unpaired) electrons. The van der Waals surface area contributed by atoms with Crippen molar-refractivity contribution in [2.24, 2.45) is 0 Å². The van der Waals surface area contributed by atoms with E-state index in [0.717, 1.165) is 28.4 Å². The molecule has 0 unspecified atom stereocenters. The lowest BCUT2D eigenvalue weighted by Gasteiger charge is -2.11. The van der Waals surface area contributed by atoms with Crippen molar-refractivity contribution in [1.82, 2.24) is 14.9 Å². The minimum Gasteiger partial charge on any atom is -0.497 e. The van der Waals surface area contributed by atoms with Gasteiger partial charge in [-0.05, 0) is 36.4 Å². The Labute approximate surface area is 152 Å². The zero-order valence-electron chi connectivity index (χ0n) is 15.1. The number of methoxy groups -OCH3 is 1. The molecule has 136 valence electrons. The van der Waals surface area contributed by atoms with Crippen LogP contribution in [0.5, 0.6) is 11.5 Å². The first kappa shape index (κ1) is 17.8. The molecule has 0 saturated carbocycles. The highest BCUT2D eigenvalue weighted by molar-refractivity contribution is 5.76. The number of para-hydroxylation sites is 2. The summed E-state index contributed by atoms with van der Waals surface area (Å²) in [5, 5.41) is 2.82. The Morgan fingerprint density at radius 2 is 1.85 bits per heavy atom. The van der Waals surface area contributed by atoms with Gasteiger partial charge in [0, 0.05) is 19.9 Å². The molecule has 1 N–H and O–H groups in total. The number of ether oxygens (including phenoxy) is 2. The van der Waals surface area contributed by atoms with Crippen LogP contribution >= 0.6 is 0 Å². The Bertz CT molecular complexity index is 872. The van der Waals surface area contributed by atoms with Crippen LogP contribution < -0.4 is 14.8 Å². The summed E-state index contributed by atoms with van der Waals surface area (Å²) in [6, 6.07) is 15.6. The molecule has 3 aromatic rings. The SMILES string of the molecule is COc1ccc(OCCn2c(CCNC(C)=O)nc3ccccc32)cc1. The van der Waals surface area contributed by atoms with Gasteiger partial charge < -0.3 is 19.4 Å². The van der Waals surface area contributed by atoms with Crippen molar-refractivity contribution in [2.75, 3.05) is 20.3 Å². The average molecular weight is 353 g/mol. The first-order chi connectivity index (χ1) is 12.7. The molecule has 0 aliphatic heterocycles. The Morgan fingerprint density at radius 3 is 2.58 bits per heavy atom. The lowest BCUT2D eigenvalue weighted by Crippen LogP contribution is -2.24. The number of benzene rings is 2. The molecule has 2 aromatic carbocycles. The standard InChI is InChI=1S/C20H23N3O3/c1-15(24)21-12-11-20-22-18-5-3-4-6-19(18)23(20)13-14-26-17-9-7-16(25-2)8-10-17/h3-10H,11-14H2,1-2H3,(H,21,24). The highest BCUT2D eigenvalue weighted by Gasteiger charge is 2.10. The fourth-order valence-electron chi connectivity index (χ4n) is 2.84.